The van der Waals surface area contributed by atoms with Crippen molar-refractivity contribution >= 4 is 12.0 Å². The number of urea groups is 1. The summed E-state index contributed by atoms with van der Waals surface area (Å²) < 4.78 is 0. The Balaban J connectivity index is 2.59. The van der Waals surface area contributed by atoms with E-state index in [1.807, 2.05) is 0 Å². The highest BCUT2D eigenvalue weighted by molar-refractivity contribution is 5.82. The fourth-order valence-electron chi connectivity index (χ4n) is 2.06. The van der Waals surface area contributed by atoms with E-state index in [0.29, 0.717) is 19.5 Å². The van der Waals surface area contributed by atoms with E-state index in [-0.39, 0.29) is 12.1 Å². The minimum absolute atomic E-state index is 0.158. The van der Waals surface area contributed by atoms with Crippen LogP contribution in [-0.2, 0) is 4.79 Å². The van der Waals surface area contributed by atoms with Crippen molar-refractivity contribution in [3.8, 4) is 0 Å². The molecule has 0 aromatic heterocycles. The molecule has 3 N–H and O–H groups in total. The van der Waals surface area contributed by atoms with Crippen molar-refractivity contribution in [2.24, 2.45) is 5.73 Å². The average Bonchev–Trinajstić information content (AvgIpc) is 2.29. The van der Waals surface area contributed by atoms with Crippen molar-refractivity contribution in [1.82, 2.24) is 9.80 Å². The lowest BCUT2D eigenvalue weighted by molar-refractivity contribution is -0.142. The molecular weight excluding hydrogens is 222 g/mol. The summed E-state index contributed by atoms with van der Waals surface area (Å²) in [6, 6.07) is -0.810. The molecule has 98 valence electrons. The maximum absolute atomic E-state index is 12.1. The van der Waals surface area contributed by atoms with Crippen LogP contribution in [0.15, 0.2) is 0 Å². The molecule has 0 radical (unpaired) electrons. The number of carboxylic acids is 1. The van der Waals surface area contributed by atoms with Gasteiger partial charge in [-0.1, -0.05) is 6.92 Å². The van der Waals surface area contributed by atoms with Crippen LogP contribution in [-0.4, -0.2) is 59.1 Å². The Morgan fingerprint density at radius 3 is 2.41 bits per heavy atom. The highest BCUT2D eigenvalue weighted by atomic mass is 16.4. The van der Waals surface area contributed by atoms with Crippen LogP contribution >= 0.6 is 0 Å². The van der Waals surface area contributed by atoms with Gasteiger partial charge in [0.25, 0.3) is 0 Å². The van der Waals surface area contributed by atoms with E-state index >= 15 is 0 Å². The summed E-state index contributed by atoms with van der Waals surface area (Å²) in [6.45, 7) is 2.98. The lowest BCUT2D eigenvalue weighted by Gasteiger charge is -2.35. The van der Waals surface area contributed by atoms with Gasteiger partial charge in [0.15, 0.2) is 0 Å². The summed E-state index contributed by atoms with van der Waals surface area (Å²) in [7, 11) is 1.54. The summed E-state index contributed by atoms with van der Waals surface area (Å²) in [5.41, 5.74) is 5.76. The molecule has 17 heavy (non-hydrogen) atoms. The third-order valence-electron chi connectivity index (χ3n) is 3.25. The molecule has 1 aliphatic rings. The highest BCUT2D eigenvalue weighted by Crippen LogP contribution is 2.12. The Morgan fingerprint density at radius 1 is 1.47 bits per heavy atom. The van der Waals surface area contributed by atoms with Crippen LogP contribution < -0.4 is 5.73 Å². The number of hydrogen-bond acceptors (Lipinski definition) is 3. The third-order valence-corrected chi connectivity index (χ3v) is 3.25. The molecule has 1 unspecified atom stereocenters. The lowest BCUT2D eigenvalue weighted by Crippen LogP contribution is -2.52. The number of carboxylic acid groups (broad SMARTS) is 1. The first kappa shape index (κ1) is 13.8. The van der Waals surface area contributed by atoms with E-state index in [9.17, 15) is 9.59 Å². The molecule has 0 aliphatic carbocycles. The minimum Gasteiger partial charge on any atom is -0.480 e. The molecule has 0 spiro atoms. The van der Waals surface area contributed by atoms with Gasteiger partial charge < -0.3 is 20.6 Å². The van der Waals surface area contributed by atoms with Gasteiger partial charge in [-0.2, -0.15) is 0 Å². The SMILES string of the molecule is CCC(C(=O)O)N(C)C(=O)N1CCC(N)CC1. The van der Waals surface area contributed by atoms with Crippen LogP contribution in [0.4, 0.5) is 4.79 Å². The fraction of sp³-hybridized carbons (Fsp3) is 0.818. The largest absolute Gasteiger partial charge is 0.480 e. The van der Waals surface area contributed by atoms with Crippen LogP contribution in [0.2, 0.25) is 0 Å². The van der Waals surface area contributed by atoms with Crippen molar-refractivity contribution in [2.45, 2.75) is 38.3 Å². The second kappa shape index (κ2) is 5.86. The molecule has 1 rings (SSSR count). The molecule has 6 heteroatoms. The number of aliphatic carboxylic acids is 1. The van der Waals surface area contributed by atoms with Crippen LogP contribution in [0.1, 0.15) is 26.2 Å². The zero-order chi connectivity index (χ0) is 13.0. The smallest absolute Gasteiger partial charge is 0.326 e. The molecule has 1 atom stereocenters. The maximum atomic E-state index is 12.1. The van der Waals surface area contributed by atoms with Gasteiger partial charge in [-0.25, -0.2) is 9.59 Å². The Kier molecular flexibility index (Phi) is 4.74. The number of carbonyl (C=O) groups excluding carboxylic acids is 1. The molecule has 0 aromatic carbocycles. The number of nitrogens with two attached hydrogens (primary N) is 1. The number of likely N-dealkylation sites (N-methyl/N-ethyl adjacent to an activating group) is 1. The topological polar surface area (TPSA) is 86.9 Å². The van der Waals surface area contributed by atoms with Crippen LogP contribution in [0.25, 0.3) is 0 Å². The second-order valence-corrected chi connectivity index (χ2v) is 4.48. The molecule has 2 amide bonds. The summed E-state index contributed by atoms with van der Waals surface area (Å²) >= 11 is 0. The van der Waals surface area contributed by atoms with Crippen LogP contribution in [0.3, 0.4) is 0 Å². The van der Waals surface area contributed by atoms with Crippen LogP contribution in [0.5, 0.6) is 0 Å². The molecule has 0 saturated carbocycles. The molecule has 0 aromatic rings. The summed E-state index contributed by atoms with van der Waals surface area (Å²) in [4.78, 5) is 26.0. The Morgan fingerprint density at radius 2 is 2.00 bits per heavy atom. The van der Waals surface area contributed by atoms with Gasteiger partial charge in [0.2, 0.25) is 0 Å². The molecule has 1 aliphatic heterocycles. The van der Waals surface area contributed by atoms with E-state index in [4.69, 9.17) is 10.8 Å². The molecule has 1 saturated heterocycles. The van der Waals surface area contributed by atoms with Crippen molar-refractivity contribution in [1.29, 1.82) is 0 Å². The molecule has 1 heterocycles. The lowest BCUT2D eigenvalue weighted by atomic mass is 10.1. The minimum atomic E-state index is -0.961. The first-order valence-corrected chi connectivity index (χ1v) is 5.97. The number of carbonyl (C=O) groups is 2. The Hall–Kier alpha value is -1.30. The van der Waals surface area contributed by atoms with Crippen LogP contribution in [0, 0.1) is 0 Å². The van der Waals surface area contributed by atoms with E-state index in [0.717, 1.165) is 12.8 Å². The number of rotatable bonds is 3. The number of likely N-dealkylation sites (tertiary alicyclic amines) is 1. The fourth-order valence-corrected chi connectivity index (χ4v) is 2.06. The van der Waals surface area contributed by atoms with Gasteiger partial charge >= 0.3 is 12.0 Å². The number of amides is 2. The first-order valence-electron chi connectivity index (χ1n) is 5.97. The zero-order valence-electron chi connectivity index (χ0n) is 10.4. The first-order chi connectivity index (χ1) is 7.97. The number of piperidine rings is 1. The standard InChI is InChI=1S/C11H21N3O3/c1-3-9(10(15)16)13(2)11(17)14-6-4-8(12)5-7-14/h8-9H,3-7,12H2,1-2H3,(H,15,16). The quantitative estimate of drug-likeness (QED) is 0.747. The summed E-state index contributed by atoms with van der Waals surface area (Å²) in [5, 5.41) is 9.00. The van der Waals surface area contributed by atoms with E-state index in [1.54, 1.807) is 18.9 Å². The Labute approximate surface area is 101 Å². The monoisotopic (exact) mass is 243 g/mol. The second-order valence-electron chi connectivity index (χ2n) is 4.48. The van der Waals surface area contributed by atoms with E-state index < -0.39 is 12.0 Å². The highest BCUT2D eigenvalue weighted by Gasteiger charge is 2.29. The zero-order valence-corrected chi connectivity index (χ0v) is 10.4. The normalized spacial score (nSPS) is 18.9. The number of nitrogens with zero attached hydrogens (tertiary/aromatic N) is 2. The van der Waals surface area contributed by atoms with Crippen molar-refractivity contribution in [3.63, 3.8) is 0 Å². The average molecular weight is 243 g/mol. The molecule has 6 nitrogen and oxygen atoms in total. The van der Waals surface area contributed by atoms with Gasteiger partial charge in [-0.15, -0.1) is 0 Å². The number of hydrogen-bond donors (Lipinski definition) is 2. The van der Waals surface area contributed by atoms with Crippen molar-refractivity contribution < 1.29 is 14.7 Å². The predicted octanol–water partition coefficient (Wildman–Crippen LogP) is 0.325. The van der Waals surface area contributed by atoms with Crippen molar-refractivity contribution in [3.05, 3.63) is 0 Å². The molecular formula is C11H21N3O3. The van der Waals surface area contributed by atoms with Gasteiger partial charge in [-0.3, -0.25) is 0 Å². The van der Waals surface area contributed by atoms with Gasteiger partial charge in [0.05, 0.1) is 0 Å². The van der Waals surface area contributed by atoms with Gasteiger partial charge in [0.1, 0.15) is 6.04 Å². The summed E-state index contributed by atoms with van der Waals surface area (Å²) in [6.07, 6.45) is 1.97. The maximum Gasteiger partial charge on any atom is 0.326 e. The van der Waals surface area contributed by atoms with E-state index in [1.165, 1.54) is 4.90 Å². The van der Waals surface area contributed by atoms with Gasteiger partial charge in [-0.05, 0) is 19.3 Å². The van der Waals surface area contributed by atoms with Crippen molar-refractivity contribution in [2.75, 3.05) is 20.1 Å². The Bertz CT molecular complexity index is 288. The molecule has 0 bridgehead atoms. The van der Waals surface area contributed by atoms with Gasteiger partial charge in [0, 0.05) is 26.2 Å². The predicted molar refractivity (Wildman–Crippen MR) is 63.7 cm³/mol. The summed E-state index contributed by atoms with van der Waals surface area (Å²) in [5.74, 6) is -0.961. The molecule has 1 fully saturated rings. The van der Waals surface area contributed by atoms with E-state index in [2.05, 4.69) is 0 Å². The third kappa shape index (κ3) is 3.33.